The molecule has 0 saturated carbocycles. The third-order valence-electron chi connectivity index (χ3n) is 1.71. The lowest BCUT2D eigenvalue weighted by molar-refractivity contribution is -0.158. The van der Waals surface area contributed by atoms with Crippen molar-refractivity contribution in [1.29, 1.82) is 0 Å². The summed E-state index contributed by atoms with van der Waals surface area (Å²) in [5.41, 5.74) is 0.347. The molecule has 3 nitrogen and oxygen atoms in total. The van der Waals surface area contributed by atoms with Crippen molar-refractivity contribution in [1.82, 2.24) is 0 Å². The first kappa shape index (κ1) is 8.97. The zero-order valence-electron chi connectivity index (χ0n) is 7.51. The van der Waals surface area contributed by atoms with Crippen LogP contribution in [0.25, 0.3) is 0 Å². The summed E-state index contributed by atoms with van der Waals surface area (Å²) in [5, 5.41) is 0. The summed E-state index contributed by atoms with van der Waals surface area (Å²) in [6.45, 7) is 5.74. The van der Waals surface area contributed by atoms with Crippen LogP contribution in [-0.4, -0.2) is 11.9 Å². The van der Waals surface area contributed by atoms with E-state index in [0.717, 1.165) is 0 Å². The van der Waals surface area contributed by atoms with Crippen molar-refractivity contribution >= 4 is 11.9 Å². The minimum atomic E-state index is -0.501. The van der Waals surface area contributed by atoms with Gasteiger partial charge in [-0.1, -0.05) is 26.8 Å². The summed E-state index contributed by atoms with van der Waals surface area (Å²) in [7, 11) is 0. The molecule has 0 N–H and O–H groups in total. The lowest BCUT2D eigenvalue weighted by Crippen LogP contribution is -2.26. The summed E-state index contributed by atoms with van der Waals surface area (Å²) in [4.78, 5) is 21.8. The van der Waals surface area contributed by atoms with E-state index in [9.17, 15) is 9.59 Å². The first-order valence-electron chi connectivity index (χ1n) is 3.87. The van der Waals surface area contributed by atoms with Crippen LogP contribution in [0.1, 0.15) is 27.2 Å². The van der Waals surface area contributed by atoms with Gasteiger partial charge in [-0.15, -0.1) is 0 Å². The van der Waals surface area contributed by atoms with Crippen LogP contribution in [0.2, 0.25) is 0 Å². The van der Waals surface area contributed by atoms with Gasteiger partial charge in [0.25, 0.3) is 0 Å². The molecule has 1 aliphatic heterocycles. The normalized spacial score (nSPS) is 18.8. The fourth-order valence-corrected chi connectivity index (χ4v) is 1.08. The van der Waals surface area contributed by atoms with Crippen LogP contribution in [0.15, 0.2) is 11.6 Å². The maximum atomic E-state index is 11.1. The Morgan fingerprint density at radius 3 is 2.33 bits per heavy atom. The molecule has 0 radical (unpaired) electrons. The van der Waals surface area contributed by atoms with Gasteiger partial charge >= 0.3 is 11.9 Å². The van der Waals surface area contributed by atoms with Gasteiger partial charge in [0.05, 0.1) is 6.42 Å². The number of ether oxygens (including phenoxy) is 1. The van der Waals surface area contributed by atoms with Crippen molar-refractivity contribution in [2.75, 3.05) is 0 Å². The van der Waals surface area contributed by atoms with E-state index in [4.69, 9.17) is 0 Å². The summed E-state index contributed by atoms with van der Waals surface area (Å²) in [6.07, 6.45) is 1.85. The Bertz CT molecular complexity index is 255. The third kappa shape index (κ3) is 1.72. The van der Waals surface area contributed by atoms with E-state index in [0.29, 0.717) is 5.57 Å². The van der Waals surface area contributed by atoms with Crippen molar-refractivity contribution in [3.8, 4) is 0 Å². The Morgan fingerprint density at radius 2 is 1.92 bits per heavy atom. The van der Waals surface area contributed by atoms with Crippen LogP contribution >= 0.6 is 0 Å². The highest BCUT2D eigenvalue weighted by atomic mass is 16.6. The number of carbonyl (C=O) groups is 2. The molecule has 1 heterocycles. The number of esters is 2. The fraction of sp³-hybridized carbons (Fsp3) is 0.556. The first-order chi connectivity index (χ1) is 5.41. The Hall–Kier alpha value is -1.12. The molecule has 1 aliphatic rings. The molecular formula is C9H12O3. The minimum absolute atomic E-state index is 0.207. The zero-order chi connectivity index (χ0) is 9.35. The summed E-state index contributed by atoms with van der Waals surface area (Å²) in [5.74, 6) is -0.966. The van der Waals surface area contributed by atoms with Crippen LogP contribution < -0.4 is 0 Å². The number of rotatable bonds is 0. The third-order valence-corrected chi connectivity index (χ3v) is 1.71. The van der Waals surface area contributed by atoms with Gasteiger partial charge in [0.15, 0.2) is 0 Å². The van der Waals surface area contributed by atoms with Crippen molar-refractivity contribution in [3.63, 3.8) is 0 Å². The maximum Gasteiger partial charge on any atom is 0.341 e. The van der Waals surface area contributed by atoms with E-state index in [2.05, 4.69) is 4.74 Å². The van der Waals surface area contributed by atoms with Crippen LogP contribution in [0.4, 0.5) is 0 Å². The topological polar surface area (TPSA) is 43.4 Å². The second-order valence-electron chi connectivity index (χ2n) is 3.83. The van der Waals surface area contributed by atoms with E-state index in [1.807, 2.05) is 20.8 Å². The molecule has 0 spiro atoms. The van der Waals surface area contributed by atoms with Crippen molar-refractivity contribution in [2.45, 2.75) is 27.2 Å². The van der Waals surface area contributed by atoms with Gasteiger partial charge in [-0.3, -0.25) is 4.79 Å². The molecule has 12 heavy (non-hydrogen) atoms. The van der Waals surface area contributed by atoms with Crippen LogP contribution in [-0.2, 0) is 14.3 Å². The number of carbonyl (C=O) groups excluding carboxylic acids is 2. The van der Waals surface area contributed by atoms with Crippen LogP contribution in [0, 0.1) is 5.41 Å². The second kappa shape index (κ2) is 2.73. The standard InChI is InChI=1S/C9H12O3/c1-9(2,3)6-4-5-7(10)12-8(6)11/h4H,5H2,1-3H3. The predicted molar refractivity (Wildman–Crippen MR) is 43.3 cm³/mol. The Balaban J connectivity index is 2.92. The van der Waals surface area contributed by atoms with Gasteiger partial charge in [-0.25, -0.2) is 4.79 Å². The number of cyclic esters (lactones) is 2. The quantitative estimate of drug-likeness (QED) is 0.406. The molecule has 0 atom stereocenters. The highest BCUT2D eigenvalue weighted by Gasteiger charge is 2.29. The molecule has 0 saturated heterocycles. The molecule has 0 fully saturated rings. The SMILES string of the molecule is CC(C)(C)C1=CCC(=O)OC1=O. The van der Waals surface area contributed by atoms with Crippen molar-refractivity contribution in [3.05, 3.63) is 11.6 Å². The van der Waals surface area contributed by atoms with Gasteiger partial charge in [0.1, 0.15) is 0 Å². The molecule has 0 aliphatic carbocycles. The Labute approximate surface area is 71.4 Å². The fourth-order valence-electron chi connectivity index (χ4n) is 1.08. The van der Waals surface area contributed by atoms with Crippen molar-refractivity contribution in [2.24, 2.45) is 5.41 Å². The highest BCUT2D eigenvalue weighted by molar-refractivity contribution is 6.00. The molecular weight excluding hydrogens is 156 g/mol. The second-order valence-corrected chi connectivity index (χ2v) is 3.83. The minimum Gasteiger partial charge on any atom is -0.389 e. The zero-order valence-corrected chi connectivity index (χ0v) is 7.51. The van der Waals surface area contributed by atoms with E-state index in [1.54, 1.807) is 6.08 Å². The molecule has 0 aromatic carbocycles. The summed E-state index contributed by atoms with van der Waals surface area (Å²) in [6, 6.07) is 0. The summed E-state index contributed by atoms with van der Waals surface area (Å²) >= 11 is 0. The molecule has 0 amide bonds. The average Bonchev–Trinajstić information content (AvgIpc) is 1.83. The molecule has 0 bridgehead atoms. The lowest BCUT2D eigenvalue weighted by Gasteiger charge is -2.23. The number of hydrogen-bond donors (Lipinski definition) is 0. The molecule has 1 rings (SSSR count). The monoisotopic (exact) mass is 168 g/mol. The van der Waals surface area contributed by atoms with Crippen LogP contribution in [0.5, 0.6) is 0 Å². The maximum absolute atomic E-state index is 11.1. The van der Waals surface area contributed by atoms with E-state index < -0.39 is 11.9 Å². The first-order valence-corrected chi connectivity index (χ1v) is 3.87. The van der Waals surface area contributed by atoms with Crippen molar-refractivity contribution < 1.29 is 14.3 Å². The number of hydrogen-bond acceptors (Lipinski definition) is 3. The Morgan fingerprint density at radius 1 is 1.33 bits per heavy atom. The van der Waals surface area contributed by atoms with Gasteiger partial charge in [-0.2, -0.15) is 0 Å². The molecule has 0 aromatic rings. The molecule has 0 unspecified atom stereocenters. The largest absolute Gasteiger partial charge is 0.389 e. The average molecular weight is 168 g/mol. The molecule has 3 heteroatoms. The molecule has 0 aromatic heterocycles. The predicted octanol–water partition coefficient (Wildman–Crippen LogP) is 1.43. The van der Waals surface area contributed by atoms with E-state index >= 15 is 0 Å². The highest BCUT2D eigenvalue weighted by Crippen LogP contribution is 2.28. The summed E-state index contributed by atoms with van der Waals surface area (Å²) < 4.78 is 4.48. The lowest BCUT2D eigenvalue weighted by atomic mass is 9.85. The van der Waals surface area contributed by atoms with E-state index in [-0.39, 0.29) is 11.8 Å². The van der Waals surface area contributed by atoms with Gasteiger partial charge in [0.2, 0.25) is 0 Å². The molecule has 66 valence electrons. The smallest absolute Gasteiger partial charge is 0.341 e. The van der Waals surface area contributed by atoms with E-state index in [1.165, 1.54) is 0 Å². The van der Waals surface area contributed by atoms with Gasteiger partial charge in [0, 0.05) is 5.57 Å². The Kier molecular flexibility index (Phi) is 2.04. The van der Waals surface area contributed by atoms with Gasteiger partial charge < -0.3 is 4.74 Å². The van der Waals surface area contributed by atoms with Gasteiger partial charge in [-0.05, 0) is 5.41 Å². The van der Waals surface area contributed by atoms with Crippen LogP contribution in [0.3, 0.4) is 0 Å².